The van der Waals surface area contributed by atoms with Crippen molar-refractivity contribution >= 4 is 33.3 Å². The van der Waals surface area contributed by atoms with Gasteiger partial charge in [-0.25, -0.2) is 13.8 Å². The standard InChI is InChI=1S/C12H8BrF2N3O/c13-8-4-7(14)5-9(15)11(8)18-12(19)6-1-2-17-10(16)3-6/h1-5H,(H2,16,17)(H,18,19). The fourth-order valence-electron chi connectivity index (χ4n) is 1.44. The summed E-state index contributed by atoms with van der Waals surface area (Å²) in [5.74, 6) is -2.01. The highest BCUT2D eigenvalue weighted by atomic mass is 79.9. The molecular formula is C12H8BrF2N3O. The van der Waals surface area contributed by atoms with Gasteiger partial charge in [0.1, 0.15) is 11.6 Å². The number of halogens is 3. The second-order valence-electron chi connectivity index (χ2n) is 3.67. The molecule has 2 rings (SSSR count). The third kappa shape index (κ3) is 3.05. The molecular weight excluding hydrogens is 320 g/mol. The molecule has 0 unspecified atom stereocenters. The molecule has 0 saturated carbocycles. The SMILES string of the molecule is Nc1cc(C(=O)Nc2c(F)cc(F)cc2Br)ccn1. The first-order chi connectivity index (χ1) is 8.97. The predicted octanol–water partition coefficient (Wildman–Crippen LogP) is 2.96. The highest BCUT2D eigenvalue weighted by molar-refractivity contribution is 9.10. The van der Waals surface area contributed by atoms with Crippen LogP contribution in [0.5, 0.6) is 0 Å². The summed E-state index contributed by atoms with van der Waals surface area (Å²) in [6.45, 7) is 0. The third-order valence-corrected chi connectivity index (χ3v) is 2.91. The Morgan fingerprint density at radius 1 is 1.32 bits per heavy atom. The van der Waals surface area contributed by atoms with E-state index in [0.717, 1.165) is 6.07 Å². The summed E-state index contributed by atoms with van der Waals surface area (Å²) in [6, 6.07) is 4.52. The van der Waals surface area contributed by atoms with Crippen molar-refractivity contribution in [3.05, 3.63) is 52.1 Å². The number of carbonyl (C=O) groups excluding carboxylic acids is 1. The lowest BCUT2D eigenvalue weighted by atomic mass is 10.2. The van der Waals surface area contributed by atoms with Gasteiger partial charge in [0.2, 0.25) is 0 Å². The average Bonchev–Trinajstić information content (AvgIpc) is 2.33. The largest absolute Gasteiger partial charge is 0.384 e. The van der Waals surface area contributed by atoms with E-state index in [1.54, 1.807) is 0 Å². The Balaban J connectivity index is 2.29. The molecule has 4 nitrogen and oxygen atoms in total. The lowest BCUT2D eigenvalue weighted by molar-refractivity contribution is 0.102. The minimum atomic E-state index is -0.873. The topological polar surface area (TPSA) is 68.0 Å². The van der Waals surface area contributed by atoms with Crippen LogP contribution in [0.25, 0.3) is 0 Å². The number of hydrogen-bond donors (Lipinski definition) is 2. The Labute approximate surface area is 115 Å². The van der Waals surface area contributed by atoms with Gasteiger partial charge in [-0.15, -0.1) is 0 Å². The zero-order chi connectivity index (χ0) is 14.0. The quantitative estimate of drug-likeness (QED) is 0.891. The van der Waals surface area contributed by atoms with Gasteiger partial charge in [-0.2, -0.15) is 0 Å². The first kappa shape index (κ1) is 13.4. The number of aromatic nitrogens is 1. The van der Waals surface area contributed by atoms with Crippen molar-refractivity contribution in [2.75, 3.05) is 11.1 Å². The Bertz CT molecular complexity index is 626. The van der Waals surface area contributed by atoms with Crippen molar-refractivity contribution in [3.63, 3.8) is 0 Å². The van der Waals surface area contributed by atoms with Crippen LogP contribution in [-0.4, -0.2) is 10.9 Å². The van der Waals surface area contributed by atoms with Crippen molar-refractivity contribution in [3.8, 4) is 0 Å². The molecule has 98 valence electrons. The minimum absolute atomic E-state index is 0.111. The molecule has 3 N–H and O–H groups in total. The van der Waals surface area contributed by atoms with Crippen LogP contribution in [0.3, 0.4) is 0 Å². The number of nitrogens with zero attached hydrogens (tertiary/aromatic N) is 1. The fraction of sp³-hybridized carbons (Fsp3) is 0. The number of hydrogen-bond acceptors (Lipinski definition) is 3. The molecule has 0 bridgehead atoms. The smallest absolute Gasteiger partial charge is 0.255 e. The fourth-order valence-corrected chi connectivity index (χ4v) is 1.94. The number of nitrogen functional groups attached to an aromatic ring is 1. The van der Waals surface area contributed by atoms with Crippen LogP contribution in [0.1, 0.15) is 10.4 Å². The maximum Gasteiger partial charge on any atom is 0.255 e. The number of pyridine rings is 1. The molecule has 0 fully saturated rings. The van der Waals surface area contributed by atoms with Gasteiger partial charge in [0, 0.05) is 22.3 Å². The molecule has 0 aliphatic heterocycles. The van der Waals surface area contributed by atoms with Crippen molar-refractivity contribution in [1.29, 1.82) is 0 Å². The van der Waals surface area contributed by atoms with Gasteiger partial charge in [-0.05, 0) is 34.1 Å². The van der Waals surface area contributed by atoms with E-state index in [-0.39, 0.29) is 21.5 Å². The summed E-state index contributed by atoms with van der Waals surface area (Å²) in [7, 11) is 0. The van der Waals surface area contributed by atoms with Gasteiger partial charge < -0.3 is 11.1 Å². The molecule has 0 atom stereocenters. The van der Waals surface area contributed by atoms with Crippen LogP contribution in [0.15, 0.2) is 34.9 Å². The minimum Gasteiger partial charge on any atom is -0.384 e. The number of carbonyl (C=O) groups is 1. The number of amides is 1. The van der Waals surface area contributed by atoms with Crippen molar-refractivity contribution in [2.24, 2.45) is 0 Å². The van der Waals surface area contributed by atoms with Crippen molar-refractivity contribution < 1.29 is 13.6 Å². The van der Waals surface area contributed by atoms with Crippen LogP contribution in [-0.2, 0) is 0 Å². The van der Waals surface area contributed by atoms with E-state index in [9.17, 15) is 13.6 Å². The Kier molecular flexibility index (Phi) is 3.75. The third-order valence-electron chi connectivity index (χ3n) is 2.29. The maximum atomic E-state index is 13.5. The molecule has 0 saturated heterocycles. The van der Waals surface area contributed by atoms with E-state index in [0.29, 0.717) is 6.07 Å². The van der Waals surface area contributed by atoms with Crippen LogP contribution in [0.2, 0.25) is 0 Å². The molecule has 0 aliphatic rings. The van der Waals surface area contributed by atoms with Gasteiger partial charge in [0.05, 0.1) is 5.69 Å². The molecule has 1 aromatic carbocycles. The number of nitrogens with two attached hydrogens (primary N) is 1. The lowest BCUT2D eigenvalue weighted by Gasteiger charge is -2.09. The lowest BCUT2D eigenvalue weighted by Crippen LogP contribution is -2.14. The van der Waals surface area contributed by atoms with Crippen molar-refractivity contribution in [1.82, 2.24) is 4.98 Å². The number of benzene rings is 1. The molecule has 1 aromatic heterocycles. The Hall–Kier alpha value is -2.02. The van der Waals surface area contributed by atoms with E-state index in [1.807, 2.05) is 0 Å². The molecule has 7 heteroatoms. The van der Waals surface area contributed by atoms with Crippen LogP contribution in [0, 0.1) is 11.6 Å². The molecule has 2 aromatic rings. The first-order valence-electron chi connectivity index (χ1n) is 5.15. The molecule has 0 aliphatic carbocycles. The number of rotatable bonds is 2. The molecule has 0 spiro atoms. The van der Waals surface area contributed by atoms with Gasteiger partial charge >= 0.3 is 0 Å². The summed E-state index contributed by atoms with van der Waals surface area (Å²) >= 11 is 2.98. The van der Waals surface area contributed by atoms with Gasteiger partial charge in [-0.3, -0.25) is 4.79 Å². The summed E-state index contributed by atoms with van der Waals surface area (Å²) < 4.78 is 26.6. The van der Waals surface area contributed by atoms with Crippen molar-refractivity contribution in [2.45, 2.75) is 0 Å². The zero-order valence-electron chi connectivity index (χ0n) is 9.45. The second-order valence-corrected chi connectivity index (χ2v) is 4.52. The normalized spacial score (nSPS) is 10.3. The monoisotopic (exact) mass is 327 g/mol. The van der Waals surface area contributed by atoms with E-state index in [2.05, 4.69) is 26.2 Å². The first-order valence-corrected chi connectivity index (χ1v) is 5.94. The average molecular weight is 328 g/mol. The summed E-state index contributed by atoms with van der Waals surface area (Å²) in [5, 5.41) is 2.34. The van der Waals surface area contributed by atoms with E-state index >= 15 is 0 Å². The van der Waals surface area contributed by atoms with Crippen LogP contribution < -0.4 is 11.1 Å². The summed E-state index contributed by atoms with van der Waals surface area (Å²) in [5.41, 5.74) is 5.53. The highest BCUT2D eigenvalue weighted by Crippen LogP contribution is 2.27. The Morgan fingerprint density at radius 3 is 2.68 bits per heavy atom. The molecule has 1 amide bonds. The van der Waals surface area contributed by atoms with Gasteiger partial charge in [-0.1, -0.05) is 0 Å². The predicted molar refractivity (Wildman–Crippen MR) is 70.7 cm³/mol. The zero-order valence-corrected chi connectivity index (χ0v) is 11.0. The van der Waals surface area contributed by atoms with Crippen LogP contribution in [0.4, 0.5) is 20.3 Å². The molecule has 19 heavy (non-hydrogen) atoms. The summed E-state index contributed by atoms with van der Waals surface area (Å²) in [4.78, 5) is 15.6. The molecule has 0 radical (unpaired) electrons. The number of anilines is 2. The number of nitrogens with one attached hydrogen (secondary N) is 1. The molecule has 1 heterocycles. The maximum absolute atomic E-state index is 13.5. The summed E-state index contributed by atoms with van der Waals surface area (Å²) in [6.07, 6.45) is 1.36. The highest BCUT2D eigenvalue weighted by Gasteiger charge is 2.14. The van der Waals surface area contributed by atoms with E-state index in [4.69, 9.17) is 5.73 Å². The van der Waals surface area contributed by atoms with Gasteiger partial charge in [0.25, 0.3) is 5.91 Å². The van der Waals surface area contributed by atoms with Crippen LogP contribution >= 0.6 is 15.9 Å². The Morgan fingerprint density at radius 2 is 2.05 bits per heavy atom. The van der Waals surface area contributed by atoms with E-state index in [1.165, 1.54) is 18.3 Å². The second kappa shape index (κ2) is 5.31. The van der Waals surface area contributed by atoms with E-state index < -0.39 is 17.5 Å². The van der Waals surface area contributed by atoms with Gasteiger partial charge in [0.15, 0.2) is 5.82 Å².